The summed E-state index contributed by atoms with van der Waals surface area (Å²) in [7, 11) is -4.07. The third-order valence-electron chi connectivity index (χ3n) is 6.03. The zero-order valence-electron chi connectivity index (χ0n) is 21.3. The first-order valence-corrected chi connectivity index (χ1v) is 14.4. The molecular weight excluding hydrogens is 579 g/mol. The van der Waals surface area contributed by atoms with Crippen molar-refractivity contribution >= 4 is 62.6 Å². The molecule has 0 atom stereocenters. The van der Waals surface area contributed by atoms with Crippen molar-refractivity contribution in [2.75, 3.05) is 10.8 Å². The molecule has 0 aliphatic rings. The van der Waals surface area contributed by atoms with Gasteiger partial charge in [-0.1, -0.05) is 59.1 Å². The number of halogens is 3. The second-order valence-electron chi connectivity index (χ2n) is 8.84. The van der Waals surface area contributed by atoms with Crippen LogP contribution in [0.1, 0.15) is 22.5 Å². The van der Waals surface area contributed by atoms with Gasteiger partial charge in [0.1, 0.15) is 6.54 Å². The highest BCUT2D eigenvalue weighted by atomic mass is 35.5. The molecule has 0 unspecified atom stereocenters. The van der Waals surface area contributed by atoms with Crippen LogP contribution in [0.25, 0.3) is 5.69 Å². The van der Waals surface area contributed by atoms with Gasteiger partial charge in [0.15, 0.2) is 0 Å². The lowest BCUT2D eigenvalue weighted by Gasteiger charge is -2.24. The van der Waals surface area contributed by atoms with E-state index < -0.39 is 22.5 Å². The molecule has 0 aliphatic carbocycles. The van der Waals surface area contributed by atoms with Crippen LogP contribution in [0.2, 0.25) is 15.1 Å². The van der Waals surface area contributed by atoms with E-state index >= 15 is 0 Å². The van der Waals surface area contributed by atoms with Crippen LogP contribution in [-0.4, -0.2) is 31.7 Å². The largest absolute Gasteiger partial charge is 0.318 e. The standard InChI is InChI=1S/C28H25Cl3N4O3S/c1-18-9-10-24(15-27(18)31)34(39(37,38)26-7-5-4-6-8-26)17-28(36)33-32-16-21-11-19(2)35(20(21)3)25-13-22(29)12-23(30)14-25/h4-16H,17H2,1-3H3,(H,33,36)/b32-16+. The zero-order chi connectivity index (χ0) is 28.3. The number of sulfonamides is 1. The SMILES string of the molecule is Cc1ccc(N(CC(=O)N/N=C/c2cc(C)n(-c3cc(Cl)cc(Cl)c3)c2C)S(=O)(=O)c2ccccc2)cc1Cl. The minimum absolute atomic E-state index is 0.0477. The van der Waals surface area contributed by atoms with Crippen LogP contribution >= 0.6 is 34.8 Å². The number of amides is 1. The summed E-state index contributed by atoms with van der Waals surface area (Å²) in [4.78, 5) is 12.9. The van der Waals surface area contributed by atoms with Gasteiger partial charge in [0.05, 0.1) is 16.8 Å². The van der Waals surface area contributed by atoms with Gasteiger partial charge in [-0.05, 0) is 74.9 Å². The lowest BCUT2D eigenvalue weighted by atomic mass is 10.2. The number of carbonyl (C=O) groups excluding carboxylic acids is 1. The van der Waals surface area contributed by atoms with Crippen molar-refractivity contribution in [3.05, 3.63) is 110 Å². The van der Waals surface area contributed by atoms with E-state index in [-0.39, 0.29) is 10.6 Å². The summed E-state index contributed by atoms with van der Waals surface area (Å²) in [6.45, 7) is 5.13. The molecule has 1 amide bonds. The van der Waals surface area contributed by atoms with Crippen molar-refractivity contribution < 1.29 is 13.2 Å². The first-order valence-electron chi connectivity index (χ1n) is 11.8. The number of nitrogens with one attached hydrogen (secondary N) is 1. The molecule has 7 nitrogen and oxygen atoms in total. The van der Waals surface area contributed by atoms with E-state index in [0.717, 1.165) is 32.5 Å². The third kappa shape index (κ3) is 6.47. The number of hydrogen-bond donors (Lipinski definition) is 1. The van der Waals surface area contributed by atoms with Crippen molar-refractivity contribution in [2.45, 2.75) is 25.7 Å². The summed E-state index contributed by atoms with van der Waals surface area (Å²) in [6, 6.07) is 19.9. The number of hydrogen-bond acceptors (Lipinski definition) is 4. The second kappa shape index (κ2) is 11.8. The number of aromatic nitrogens is 1. The Labute approximate surface area is 242 Å². The fourth-order valence-corrected chi connectivity index (χ4v) is 6.22. The maximum atomic E-state index is 13.5. The molecule has 0 saturated heterocycles. The maximum Gasteiger partial charge on any atom is 0.264 e. The quantitative estimate of drug-likeness (QED) is 0.180. The minimum Gasteiger partial charge on any atom is -0.318 e. The smallest absolute Gasteiger partial charge is 0.264 e. The third-order valence-corrected chi connectivity index (χ3v) is 8.66. The van der Waals surface area contributed by atoms with E-state index in [1.807, 2.05) is 31.4 Å². The zero-order valence-corrected chi connectivity index (χ0v) is 24.4. The van der Waals surface area contributed by atoms with Crippen molar-refractivity contribution in [1.29, 1.82) is 0 Å². The highest BCUT2D eigenvalue weighted by Crippen LogP contribution is 2.28. The molecule has 0 radical (unpaired) electrons. The second-order valence-corrected chi connectivity index (χ2v) is 12.0. The molecule has 0 saturated carbocycles. The molecular formula is C28H25Cl3N4O3S. The van der Waals surface area contributed by atoms with Crippen LogP contribution in [0.5, 0.6) is 0 Å². The van der Waals surface area contributed by atoms with Crippen LogP contribution < -0.4 is 9.73 Å². The molecule has 0 spiro atoms. The van der Waals surface area contributed by atoms with Gasteiger partial charge in [-0.2, -0.15) is 5.10 Å². The molecule has 1 N–H and O–H groups in total. The summed E-state index contributed by atoms with van der Waals surface area (Å²) in [5.74, 6) is -0.627. The van der Waals surface area contributed by atoms with E-state index in [4.69, 9.17) is 34.8 Å². The summed E-state index contributed by atoms with van der Waals surface area (Å²) < 4.78 is 29.9. The minimum atomic E-state index is -4.07. The molecule has 4 aromatic rings. The number of nitrogens with zero attached hydrogens (tertiary/aromatic N) is 3. The average Bonchev–Trinajstić information content (AvgIpc) is 3.16. The van der Waals surface area contributed by atoms with Gasteiger partial charge in [0.25, 0.3) is 15.9 Å². The number of benzene rings is 3. The van der Waals surface area contributed by atoms with Gasteiger partial charge in [0.2, 0.25) is 0 Å². The Morgan fingerprint density at radius 1 is 0.949 bits per heavy atom. The summed E-state index contributed by atoms with van der Waals surface area (Å²) in [6.07, 6.45) is 1.50. The van der Waals surface area contributed by atoms with Crippen LogP contribution in [0.4, 0.5) is 5.69 Å². The Hall–Kier alpha value is -3.30. The lowest BCUT2D eigenvalue weighted by molar-refractivity contribution is -0.119. The Bertz CT molecular complexity index is 1650. The highest BCUT2D eigenvalue weighted by molar-refractivity contribution is 7.92. The Morgan fingerprint density at radius 3 is 2.26 bits per heavy atom. The number of carbonyl (C=O) groups is 1. The number of anilines is 1. The van der Waals surface area contributed by atoms with Crippen LogP contribution in [-0.2, 0) is 14.8 Å². The van der Waals surface area contributed by atoms with Gasteiger partial charge >= 0.3 is 0 Å². The summed E-state index contributed by atoms with van der Waals surface area (Å²) >= 11 is 18.6. The number of rotatable bonds is 8. The molecule has 11 heteroatoms. The first-order chi connectivity index (χ1) is 18.5. The molecule has 39 heavy (non-hydrogen) atoms. The van der Waals surface area contributed by atoms with Gasteiger partial charge in [-0.15, -0.1) is 0 Å². The van der Waals surface area contributed by atoms with Crippen LogP contribution in [0.3, 0.4) is 0 Å². The number of aryl methyl sites for hydroxylation is 2. The molecule has 4 rings (SSSR count). The van der Waals surface area contributed by atoms with Crippen LogP contribution in [0, 0.1) is 20.8 Å². The molecule has 1 aromatic heterocycles. The predicted molar refractivity (Wildman–Crippen MR) is 158 cm³/mol. The topological polar surface area (TPSA) is 83.8 Å². The van der Waals surface area contributed by atoms with E-state index in [1.54, 1.807) is 48.5 Å². The molecule has 0 fully saturated rings. The van der Waals surface area contributed by atoms with Crippen molar-refractivity contribution in [2.24, 2.45) is 5.10 Å². The van der Waals surface area contributed by atoms with Crippen molar-refractivity contribution in [3.8, 4) is 5.69 Å². The number of hydrazone groups is 1. The first kappa shape index (κ1) is 28.7. The van der Waals surface area contributed by atoms with E-state index in [9.17, 15) is 13.2 Å². The van der Waals surface area contributed by atoms with Crippen LogP contribution in [0.15, 0.2) is 82.8 Å². The fourth-order valence-electron chi connectivity index (χ4n) is 4.10. The predicted octanol–water partition coefficient (Wildman–Crippen LogP) is 6.71. The summed E-state index contributed by atoms with van der Waals surface area (Å²) in [5, 5.41) is 5.49. The Kier molecular flexibility index (Phi) is 8.71. The Morgan fingerprint density at radius 2 is 1.62 bits per heavy atom. The fraction of sp³-hybridized carbons (Fsp3) is 0.143. The normalized spacial score (nSPS) is 11.6. The summed E-state index contributed by atoms with van der Waals surface area (Å²) in [5.41, 5.74) is 6.79. The van der Waals surface area contributed by atoms with Crippen molar-refractivity contribution in [3.63, 3.8) is 0 Å². The molecule has 0 bridgehead atoms. The molecule has 0 aliphatic heterocycles. The lowest BCUT2D eigenvalue weighted by Crippen LogP contribution is -2.39. The van der Waals surface area contributed by atoms with Gasteiger partial charge in [0, 0.05) is 37.7 Å². The van der Waals surface area contributed by atoms with E-state index in [2.05, 4.69) is 10.5 Å². The maximum absolute atomic E-state index is 13.5. The van der Waals surface area contributed by atoms with Gasteiger partial charge in [-0.3, -0.25) is 9.10 Å². The van der Waals surface area contributed by atoms with Crippen molar-refractivity contribution in [1.82, 2.24) is 9.99 Å². The monoisotopic (exact) mass is 602 g/mol. The average molecular weight is 604 g/mol. The molecule has 1 heterocycles. The van der Waals surface area contributed by atoms with E-state index in [0.29, 0.717) is 15.1 Å². The van der Waals surface area contributed by atoms with Gasteiger partial charge in [-0.25, -0.2) is 13.8 Å². The Balaban J connectivity index is 1.57. The highest BCUT2D eigenvalue weighted by Gasteiger charge is 2.27. The van der Waals surface area contributed by atoms with Gasteiger partial charge < -0.3 is 4.57 Å². The molecule has 3 aromatic carbocycles. The molecule has 202 valence electrons. The van der Waals surface area contributed by atoms with E-state index in [1.165, 1.54) is 24.4 Å².